The van der Waals surface area contributed by atoms with Crippen molar-refractivity contribution in [2.24, 2.45) is 0 Å². The summed E-state index contributed by atoms with van der Waals surface area (Å²) in [4.78, 5) is 0. The second-order valence-electron chi connectivity index (χ2n) is 12.8. The van der Waals surface area contributed by atoms with Crippen LogP contribution in [0.1, 0.15) is 28.3 Å². The van der Waals surface area contributed by atoms with Crippen LogP contribution in [0.15, 0.2) is 146 Å². The van der Waals surface area contributed by atoms with Crippen molar-refractivity contribution in [3.05, 3.63) is 168 Å². The number of para-hydroxylation sites is 2. The van der Waals surface area contributed by atoms with Crippen LogP contribution in [0.4, 0.5) is 0 Å². The number of aromatic nitrogens is 2. The fourth-order valence-corrected chi connectivity index (χ4v) is 8.36. The van der Waals surface area contributed by atoms with Crippen LogP contribution in [0.3, 0.4) is 0 Å². The molecule has 1 atom stereocenters. The number of nitrogens with zero attached hydrogens (tertiary/aromatic N) is 3. The first-order valence-electron chi connectivity index (χ1n) is 16.3. The van der Waals surface area contributed by atoms with Crippen molar-refractivity contribution in [2.45, 2.75) is 12.3 Å². The van der Waals surface area contributed by atoms with Gasteiger partial charge in [0.15, 0.2) is 0 Å². The molecule has 1 aliphatic carbocycles. The van der Waals surface area contributed by atoms with Crippen molar-refractivity contribution in [3.63, 3.8) is 0 Å². The van der Waals surface area contributed by atoms with E-state index in [9.17, 15) is 5.26 Å². The summed E-state index contributed by atoms with van der Waals surface area (Å²) in [6.45, 7) is -0.179. The van der Waals surface area contributed by atoms with Gasteiger partial charge in [-0.1, -0.05) is 127 Å². The second-order valence-corrected chi connectivity index (χ2v) is 12.8. The lowest BCUT2D eigenvalue weighted by atomic mass is 9.47. The number of rotatable bonds is 3. The molecule has 0 amide bonds. The van der Waals surface area contributed by atoms with Gasteiger partial charge in [0.25, 0.3) is 0 Å². The van der Waals surface area contributed by atoms with Gasteiger partial charge >= 0.3 is 6.85 Å². The molecule has 0 bridgehead atoms. The maximum atomic E-state index is 10.7. The number of allylic oxidation sites excluding steroid dienone is 1. The van der Waals surface area contributed by atoms with Crippen LogP contribution < -0.4 is 10.9 Å². The summed E-state index contributed by atoms with van der Waals surface area (Å²) in [7, 11) is 0. The molecule has 0 fully saturated rings. The SMILES string of the molecule is N#Cc1ccc2c3ccccc3n3c2c1B(n1c2c(c4ccc(-c5ccccc5)cc41)C=CC(c1ccccc1)C2)c1ccccc1-3. The molecule has 8 aromatic rings. The van der Waals surface area contributed by atoms with Crippen LogP contribution in [-0.4, -0.2) is 15.9 Å². The highest BCUT2D eigenvalue weighted by atomic mass is 15.0. The van der Waals surface area contributed by atoms with Gasteiger partial charge in [-0.15, -0.1) is 0 Å². The Morgan fingerprint density at radius 2 is 1.40 bits per heavy atom. The fourth-order valence-electron chi connectivity index (χ4n) is 8.36. The maximum Gasteiger partial charge on any atom is 0.333 e. The van der Waals surface area contributed by atoms with E-state index in [1.54, 1.807) is 0 Å². The lowest BCUT2D eigenvalue weighted by Crippen LogP contribution is -2.54. The van der Waals surface area contributed by atoms with Crippen LogP contribution in [0, 0.1) is 11.3 Å². The predicted octanol–water partition coefficient (Wildman–Crippen LogP) is 8.60. The Hall–Kier alpha value is -6.05. The highest BCUT2D eigenvalue weighted by Gasteiger charge is 2.39. The summed E-state index contributed by atoms with van der Waals surface area (Å²) >= 11 is 0. The zero-order chi connectivity index (χ0) is 31.1. The molecule has 3 heterocycles. The molecule has 47 heavy (non-hydrogen) atoms. The molecule has 10 rings (SSSR count). The Labute approximate surface area is 273 Å². The molecular formula is C43H28BN3. The van der Waals surface area contributed by atoms with E-state index < -0.39 is 0 Å². The Bertz CT molecular complexity index is 2620. The quantitative estimate of drug-likeness (QED) is 0.188. The van der Waals surface area contributed by atoms with E-state index in [1.165, 1.54) is 66.3 Å². The summed E-state index contributed by atoms with van der Waals surface area (Å²) in [5.41, 5.74) is 14.0. The van der Waals surface area contributed by atoms with E-state index in [2.05, 4.69) is 161 Å². The highest BCUT2D eigenvalue weighted by Crippen LogP contribution is 2.40. The van der Waals surface area contributed by atoms with Gasteiger partial charge < -0.3 is 9.05 Å². The first kappa shape index (κ1) is 26.2. The van der Waals surface area contributed by atoms with Crippen LogP contribution in [-0.2, 0) is 6.42 Å². The van der Waals surface area contributed by atoms with Crippen molar-refractivity contribution in [1.82, 2.24) is 9.05 Å². The molecule has 0 N–H and O–H groups in total. The smallest absolute Gasteiger partial charge is 0.333 e. The van der Waals surface area contributed by atoms with Crippen molar-refractivity contribution >= 4 is 56.6 Å². The van der Waals surface area contributed by atoms with E-state index in [4.69, 9.17) is 0 Å². The lowest BCUT2D eigenvalue weighted by molar-refractivity contribution is 0.796. The summed E-state index contributed by atoms with van der Waals surface area (Å²) in [5.74, 6) is 0.261. The molecule has 0 saturated carbocycles. The first-order valence-corrected chi connectivity index (χ1v) is 16.3. The van der Waals surface area contributed by atoms with Gasteiger partial charge in [0, 0.05) is 44.5 Å². The summed E-state index contributed by atoms with van der Waals surface area (Å²) in [6.07, 6.45) is 5.60. The van der Waals surface area contributed by atoms with Gasteiger partial charge in [0.05, 0.1) is 22.7 Å². The molecule has 0 saturated heterocycles. The standard InChI is InChI=1S/C43H28BN3/c45-27-32-21-24-36-33-15-7-9-17-38(33)46-39-18-10-8-16-37(39)44(42(32)43(36)46)47-40-25-30(28-11-3-1-4-12-28)19-22-34(40)35-23-20-31(26-41(35)47)29-13-5-2-6-14-29/h1-25,31H,26H2. The third-order valence-corrected chi connectivity index (χ3v) is 10.4. The van der Waals surface area contributed by atoms with E-state index in [1.807, 2.05) is 6.07 Å². The van der Waals surface area contributed by atoms with Crippen molar-refractivity contribution in [3.8, 4) is 22.9 Å². The number of hydrogen-bond donors (Lipinski definition) is 0. The highest BCUT2D eigenvalue weighted by molar-refractivity contribution is 6.88. The summed E-state index contributed by atoms with van der Waals surface area (Å²) in [6, 6.07) is 52.7. The fraction of sp³-hybridized carbons (Fsp3) is 0.0465. The van der Waals surface area contributed by atoms with E-state index in [0.717, 1.165) is 23.0 Å². The minimum absolute atomic E-state index is 0.179. The number of hydrogen-bond acceptors (Lipinski definition) is 1. The lowest BCUT2D eigenvalue weighted by Gasteiger charge is -2.31. The third kappa shape index (κ3) is 3.69. The van der Waals surface area contributed by atoms with Crippen molar-refractivity contribution in [1.29, 1.82) is 5.26 Å². The van der Waals surface area contributed by atoms with Gasteiger partial charge in [-0.2, -0.15) is 5.26 Å². The molecule has 0 radical (unpaired) electrons. The molecular weight excluding hydrogens is 569 g/mol. The summed E-state index contributed by atoms with van der Waals surface area (Å²) < 4.78 is 4.99. The number of benzene rings is 6. The van der Waals surface area contributed by atoms with Crippen LogP contribution in [0.25, 0.3) is 55.6 Å². The molecule has 0 spiro atoms. The number of fused-ring (bicyclic) bond motifs is 8. The van der Waals surface area contributed by atoms with E-state index >= 15 is 0 Å². The van der Waals surface area contributed by atoms with Gasteiger partial charge in [-0.3, -0.25) is 0 Å². The average Bonchev–Trinajstić information content (AvgIpc) is 3.65. The minimum Gasteiger partial charge on any atom is -0.379 e. The third-order valence-electron chi connectivity index (χ3n) is 10.4. The van der Waals surface area contributed by atoms with E-state index in [0.29, 0.717) is 0 Å². The molecule has 218 valence electrons. The van der Waals surface area contributed by atoms with Gasteiger partial charge in [0.1, 0.15) is 0 Å². The van der Waals surface area contributed by atoms with Gasteiger partial charge in [-0.05, 0) is 58.3 Å². The van der Waals surface area contributed by atoms with Crippen LogP contribution in [0.2, 0.25) is 0 Å². The monoisotopic (exact) mass is 597 g/mol. The average molecular weight is 598 g/mol. The summed E-state index contributed by atoms with van der Waals surface area (Å²) in [5, 5.41) is 14.4. The van der Waals surface area contributed by atoms with E-state index in [-0.39, 0.29) is 12.8 Å². The molecule has 6 aromatic carbocycles. The molecule has 2 aliphatic rings. The van der Waals surface area contributed by atoms with Gasteiger partial charge in [-0.25, -0.2) is 0 Å². The zero-order valence-electron chi connectivity index (χ0n) is 25.6. The van der Waals surface area contributed by atoms with Crippen molar-refractivity contribution in [2.75, 3.05) is 0 Å². The van der Waals surface area contributed by atoms with Crippen LogP contribution >= 0.6 is 0 Å². The first-order chi connectivity index (χ1) is 23.3. The van der Waals surface area contributed by atoms with Crippen molar-refractivity contribution < 1.29 is 0 Å². The normalized spacial score (nSPS) is 14.8. The Kier molecular flexibility index (Phi) is 5.56. The topological polar surface area (TPSA) is 33.6 Å². The minimum atomic E-state index is -0.179. The molecule has 2 aromatic heterocycles. The second kappa shape index (κ2) is 9.98. The predicted molar refractivity (Wildman–Crippen MR) is 195 cm³/mol. The van der Waals surface area contributed by atoms with Crippen LogP contribution in [0.5, 0.6) is 0 Å². The maximum absolute atomic E-state index is 10.7. The number of nitriles is 1. The largest absolute Gasteiger partial charge is 0.379 e. The molecule has 1 unspecified atom stereocenters. The Morgan fingerprint density at radius 1 is 0.660 bits per heavy atom. The van der Waals surface area contributed by atoms with Gasteiger partial charge in [0.2, 0.25) is 0 Å². The molecule has 3 nitrogen and oxygen atoms in total. The molecule has 4 heteroatoms. The molecule has 1 aliphatic heterocycles. The zero-order valence-corrected chi connectivity index (χ0v) is 25.6. The Morgan fingerprint density at radius 3 is 2.26 bits per heavy atom. The Balaban J connectivity index is 1.34.